The number of hydrogen-bond donors (Lipinski definition) is 2. The van der Waals surface area contributed by atoms with Crippen molar-refractivity contribution in [1.82, 2.24) is 5.32 Å². The quantitative estimate of drug-likeness (QED) is 0.215. The van der Waals surface area contributed by atoms with Crippen molar-refractivity contribution in [2.75, 3.05) is 5.32 Å². The summed E-state index contributed by atoms with van der Waals surface area (Å²) in [7, 11) is 0. The van der Waals surface area contributed by atoms with Crippen LogP contribution in [0.4, 0.5) is 5.69 Å². The summed E-state index contributed by atoms with van der Waals surface area (Å²) in [6.07, 6.45) is 2.92. The Morgan fingerprint density at radius 1 is 1.15 bits per heavy atom. The van der Waals surface area contributed by atoms with Crippen molar-refractivity contribution in [2.45, 2.75) is 32.4 Å². The first kappa shape index (κ1) is 24.2. The first-order chi connectivity index (χ1) is 15.9. The van der Waals surface area contributed by atoms with Crippen molar-refractivity contribution in [1.29, 1.82) is 0 Å². The average molecular weight is 635 g/mol. The van der Waals surface area contributed by atoms with Gasteiger partial charge in [0, 0.05) is 5.69 Å². The minimum atomic E-state index is -0.198. The van der Waals surface area contributed by atoms with Gasteiger partial charge in [0.2, 0.25) is 0 Å². The average Bonchev–Trinajstić information content (AvgIpc) is 3.12. The molecule has 1 atom stereocenters. The largest absolute Gasteiger partial charge is 0.487 e. The van der Waals surface area contributed by atoms with Gasteiger partial charge in [-0.3, -0.25) is 4.79 Å². The van der Waals surface area contributed by atoms with Gasteiger partial charge in [0.15, 0.2) is 5.50 Å². The standard InChI is InChI=1S/C26H24BrIN2O2S/c1-3-17-7-9-20(10-8-17)29-26-30-25(31)23(33-26)14-19-12-21(27)24(22(28)13-19)32-15-18-6-4-5-16(2)11-18/h4-14,26,29H,3,15H2,1-2H3,(H,30,31)/b23-14-/t26-/m0/s1. The fourth-order valence-electron chi connectivity index (χ4n) is 3.46. The van der Waals surface area contributed by atoms with Crippen LogP contribution < -0.4 is 15.4 Å². The first-order valence-corrected chi connectivity index (χ1v) is 13.4. The lowest BCUT2D eigenvalue weighted by Gasteiger charge is -2.13. The van der Waals surface area contributed by atoms with E-state index < -0.39 is 0 Å². The highest BCUT2D eigenvalue weighted by Gasteiger charge is 2.27. The summed E-state index contributed by atoms with van der Waals surface area (Å²) >= 11 is 7.40. The van der Waals surface area contributed by atoms with Crippen molar-refractivity contribution < 1.29 is 9.53 Å². The number of benzene rings is 3. The van der Waals surface area contributed by atoms with E-state index in [-0.39, 0.29) is 11.4 Å². The number of carbonyl (C=O) groups is 1. The number of ether oxygens (including phenoxy) is 1. The number of nitrogens with one attached hydrogen (secondary N) is 2. The molecule has 1 heterocycles. The van der Waals surface area contributed by atoms with Crippen LogP contribution >= 0.6 is 50.3 Å². The van der Waals surface area contributed by atoms with E-state index in [0.717, 1.165) is 37.0 Å². The van der Waals surface area contributed by atoms with Gasteiger partial charge < -0.3 is 15.4 Å². The van der Waals surface area contributed by atoms with E-state index in [1.54, 1.807) is 0 Å². The number of hydrogen-bond acceptors (Lipinski definition) is 4. The lowest BCUT2D eigenvalue weighted by molar-refractivity contribution is -0.116. The molecule has 1 saturated heterocycles. The molecule has 33 heavy (non-hydrogen) atoms. The van der Waals surface area contributed by atoms with Crippen molar-refractivity contribution in [3.8, 4) is 5.75 Å². The molecule has 1 aliphatic rings. The fourth-order valence-corrected chi connectivity index (χ4v) is 6.22. The third-order valence-corrected chi connectivity index (χ3v) is 7.59. The summed E-state index contributed by atoms with van der Waals surface area (Å²) in [6, 6.07) is 20.6. The third kappa shape index (κ3) is 6.33. The molecule has 4 rings (SSSR count). The molecular formula is C26H24BrIN2O2S. The van der Waals surface area contributed by atoms with Crippen LogP contribution in [0, 0.1) is 10.5 Å². The molecule has 1 aliphatic heterocycles. The highest BCUT2D eigenvalue weighted by Crippen LogP contribution is 2.35. The third-order valence-electron chi connectivity index (χ3n) is 5.17. The van der Waals surface area contributed by atoms with E-state index in [4.69, 9.17) is 4.74 Å². The molecule has 7 heteroatoms. The van der Waals surface area contributed by atoms with Crippen LogP contribution in [0.3, 0.4) is 0 Å². The summed E-state index contributed by atoms with van der Waals surface area (Å²) in [5, 5.41) is 6.36. The summed E-state index contributed by atoms with van der Waals surface area (Å²) in [4.78, 5) is 13.2. The summed E-state index contributed by atoms with van der Waals surface area (Å²) in [6.45, 7) is 4.71. The molecule has 170 valence electrons. The van der Waals surface area contributed by atoms with Crippen LogP contribution in [0.2, 0.25) is 0 Å². The van der Waals surface area contributed by atoms with Gasteiger partial charge in [-0.15, -0.1) is 0 Å². The van der Waals surface area contributed by atoms with Crippen LogP contribution in [-0.4, -0.2) is 11.4 Å². The highest BCUT2D eigenvalue weighted by atomic mass is 127. The highest BCUT2D eigenvalue weighted by molar-refractivity contribution is 14.1. The van der Waals surface area contributed by atoms with Crippen molar-refractivity contribution in [3.63, 3.8) is 0 Å². The topological polar surface area (TPSA) is 50.4 Å². The van der Waals surface area contributed by atoms with E-state index in [1.165, 1.54) is 22.9 Å². The van der Waals surface area contributed by atoms with E-state index >= 15 is 0 Å². The van der Waals surface area contributed by atoms with E-state index in [0.29, 0.717) is 11.5 Å². The number of anilines is 1. The Hall–Kier alpha value is -1.97. The Balaban J connectivity index is 1.44. The molecule has 0 unspecified atom stereocenters. The molecule has 2 N–H and O–H groups in total. The van der Waals surface area contributed by atoms with Crippen LogP contribution in [-0.2, 0) is 17.8 Å². The zero-order valence-electron chi connectivity index (χ0n) is 18.3. The molecule has 3 aromatic carbocycles. The summed E-state index contributed by atoms with van der Waals surface area (Å²) in [5.74, 6) is 0.728. The number of aryl methyl sites for hydroxylation is 2. The zero-order valence-corrected chi connectivity index (χ0v) is 22.9. The first-order valence-electron chi connectivity index (χ1n) is 10.6. The smallest absolute Gasteiger partial charge is 0.260 e. The van der Waals surface area contributed by atoms with Gasteiger partial charge in [-0.2, -0.15) is 0 Å². The van der Waals surface area contributed by atoms with Gasteiger partial charge in [0.1, 0.15) is 12.4 Å². The second kappa shape index (κ2) is 11.0. The van der Waals surface area contributed by atoms with E-state index in [9.17, 15) is 4.79 Å². The normalized spacial score (nSPS) is 16.7. The number of rotatable bonds is 7. The molecule has 0 saturated carbocycles. The molecule has 1 fully saturated rings. The molecule has 0 aromatic heterocycles. The van der Waals surface area contributed by atoms with Gasteiger partial charge in [-0.05, 0) is 98.9 Å². The fraction of sp³-hybridized carbons (Fsp3) is 0.192. The van der Waals surface area contributed by atoms with Gasteiger partial charge >= 0.3 is 0 Å². The van der Waals surface area contributed by atoms with Crippen LogP contribution in [0.15, 0.2) is 70.0 Å². The van der Waals surface area contributed by atoms with Crippen LogP contribution in [0.5, 0.6) is 5.75 Å². The number of halogens is 2. The second-order valence-corrected chi connectivity index (χ2v) is 10.9. The summed E-state index contributed by atoms with van der Waals surface area (Å²) in [5.41, 5.74) is 5.36. The zero-order chi connectivity index (χ0) is 23.4. The van der Waals surface area contributed by atoms with Crippen molar-refractivity contribution in [2.24, 2.45) is 0 Å². The molecule has 0 aliphatic carbocycles. The molecule has 4 nitrogen and oxygen atoms in total. The molecule has 0 spiro atoms. The maximum atomic E-state index is 12.5. The number of amides is 1. The van der Waals surface area contributed by atoms with Crippen molar-refractivity contribution in [3.05, 3.63) is 95.9 Å². The van der Waals surface area contributed by atoms with Gasteiger partial charge in [0.25, 0.3) is 5.91 Å². The minimum absolute atomic E-state index is 0.0754. The molecule has 1 amide bonds. The molecule has 0 bridgehead atoms. The van der Waals surface area contributed by atoms with Crippen LogP contribution in [0.1, 0.15) is 29.2 Å². The second-order valence-electron chi connectivity index (χ2n) is 7.77. The lowest BCUT2D eigenvalue weighted by atomic mass is 10.1. The Morgan fingerprint density at radius 2 is 1.94 bits per heavy atom. The molecular weight excluding hydrogens is 611 g/mol. The minimum Gasteiger partial charge on any atom is -0.487 e. The lowest BCUT2D eigenvalue weighted by Crippen LogP contribution is -2.30. The SMILES string of the molecule is CCc1ccc(N[C@H]2NC(=O)/C(=C/c3cc(Br)c(OCc4cccc(C)c4)c(I)c3)S2)cc1. The Morgan fingerprint density at radius 3 is 2.64 bits per heavy atom. The van der Waals surface area contributed by atoms with Gasteiger partial charge in [0.05, 0.1) is 12.9 Å². The predicted octanol–water partition coefficient (Wildman–Crippen LogP) is 7.10. The van der Waals surface area contributed by atoms with Crippen LogP contribution in [0.25, 0.3) is 6.08 Å². The van der Waals surface area contributed by atoms with Gasteiger partial charge in [-0.1, -0.05) is 60.6 Å². The monoisotopic (exact) mass is 634 g/mol. The number of thioether (sulfide) groups is 1. The number of carbonyl (C=O) groups excluding carboxylic acids is 1. The maximum Gasteiger partial charge on any atom is 0.260 e. The molecule has 0 radical (unpaired) electrons. The predicted molar refractivity (Wildman–Crippen MR) is 149 cm³/mol. The molecule has 3 aromatic rings. The Kier molecular flexibility index (Phi) is 8.03. The van der Waals surface area contributed by atoms with Crippen molar-refractivity contribution >= 4 is 68.0 Å². The van der Waals surface area contributed by atoms with Gasteiger partial charge in [-0.25, -0.2) is 0 Å². The van der Waals surface area contributed by atoms with E-state index in [2.05, 4.69) is 93.3 Å². The maximum absolute atomic E-state index is 12.5. The Labute approximate surface area is 220 Å². The van der Waals surface area contributed by atoms with E-state index in [1.807, 2.05) is 36.4 Å². The summed E-state index contributed by atoms with van der Waals surface area (Å²) < 4.78 is 7.93. The Bertz CT molecular complexity index is 1170.